The first kappa shape index (κ1) is 14.5. The number of carbonyl (C=O) groups excluding carboxylic acids is 1. The van der Waals surface area contributed by atoms with E-state index in [-0.39, 0.29) is 17.2 Å². The lowest BCUT2D eigenvalue weighted by atomic mass is 9.84. The third kappa shape index (κ3) is 5.07. The molecule has 0 saturated carbocycles. The highest BCUT2D eigenvalue weighted by molar-refractivity contribution is 5.79. The van der Waals surface area contributed by atoms with E-state index in [0.29, 0.717) is 6.54 Å². The summed E-state index contributed by atoms with van der Waals surface area (Å²) >= 11 is 0. The molecule has 1 unspecified atom stereocenters. The van der Waals surface area contributed by atoms with E-state index in [4.69, 9.17) is 5.73 Å². The lowest BCUT2D eigenvalue weighted by molar-refractivity contribution is -0.136. The van der Waals surface area contributed by atoms with E-state index in [0.717, 1.165) is 32.4 Å². The van der Waals surface area contributed by atoms with Crippen LogP contribution in [0.25, 0.3) is 0 Å². The van der Waals surface area contributed by atoms with Crippen molar-refractivity contribution in [1.82, 2.24) is 4.90 Å². The van der Waals surface area contributed by atoms with Crippen molar-refractivity contribution >= 4 is 5.91 Å². The van der Waals surface area contributed by atoms with Crippen LogP contribution in [0.15, 0.2) is 0 Å². The summed E-state index contributed by atoms with van der Waals surface area (Å²) in [7, 11) is 0. The molecular weight excluding hydrogens is 212 g/mol. The summed E-state index contributed by atoms with van der Waals surface area (Å²) in [4.78, 5) is 14.4. The van der Waals surface area contributed by atoms with E-state index in [9.17, 15) is 4.79 Å². The van der Waals surface area contributed by atoms with E-state index in [2.05, 4.69) is 20.8 Å². The minimum Gasteiger partial charge on any atom is -0.342 e. The highest BCUT2D eigenvalue weighted by Crippen LogP contribution is 2.25. The van der Waals surface area contributed by atoms with Crippen LogP contribution in [0.3, 0.4) is 0 Å². The van der Waals surface area contributed by atoms with Gasteiger partial charge in [-0.25, -0.2) is 0 Å². The molecule has 1 aliphatic heterocycles. The zero-order chi connectivity index (χ0) is 12.9. The van der Waals surface area contributed by atoms with E-state index in [1.165, 1.54) is 12.8 Å². The van der Waals surface area contributed by atoms with Crippen LogP contribution in [0, 0.1) is 11.3 Å². The Morgan fingerprint density at radius 1 is 1.18 bits per heavy atom. The molecule has 0 aromatic carbocycles. The molecule has 1 heterocycles. The maximum atomic E-state index is 12.4. The molecule has 1 fully saturated rings. The van der Waals surface area contributed by atoms with Gasteiger partial charge in [-0.2, -0.15) is 0 Å². The molecule has 1 aliphatic rings. The van der Waals surface area contributed by atoms with Crippen molar-refractivity contribution in [2.24, 2.45) is 17.1 Å². The monoisotopic (exact) mass is 240 g/mol. The molecule has 0 spiro atoms. The fourth-order valence-electron chi connectivity index (χ4n) is 2.56. The third-order valence-corrected chi connectivity index (χ3v) is 3.41. The van der Waals surface area contributed by atoms with Crippen molar-refractivity contribution in [3.63, 3.8) is 0 Å². The van der Waals surface area contributed by atoms with Crippen LogP contribution in [0.2, 0.25) is 0 Å². The summed E-state index contributed by atoms with van der Waals surface area (Å²) in [5.74, 6) is 0.289. The first-order valence-corrected chi connectivity index (χ1v) is 6.93. The molecule has 0 radical (unpaired) electrons. The number of rotatable bonds is 3. The highest BCUT2D eigenvalue weighted by Gasteiger charge is 2.27. The van der Waals surface area contributed by atoms with Gasteiger partial charge in [0.05, 0.1) is 5.92 Å². The van der Waals surface area contributed by atoms with Crippen LogP contribution in [0.5, 0.6) is 0 Å². The molecule has 0 aromatic rings. The zero-order valence-electron chi connectivity index (χ0n) is 11.7. The third-order valence-electron chi connectivity index (χ3n) is 3.41. The summed E-state index contributed by atoms with van der Waals surface area (Å²) in [5, 5.41) is 0. The number of nitrogens with two attached hydrogens (primary N) is 1. The summed E-state index contributed by atoms with van der Waals surface area (Å²) in [6.45, 7) is 8.85. The number of nitrogens with zero attached hydrogens (tertiary/aromatic N) is 1. The van der Waals surface area contributed by atoms with Crippen LogP contribution in [-0.4, -0.2) is 30.4 Å². The Morgan fingerprint density at radius 3 is 2.12 bits per heavy atom. The minimum atomic E-state index is 0.00750. The summed E-state index contributed by atoms with van der Waals surface area (Å²) in [5.41, 5.74) is 5.95. The second-order valence-electron chi connectivity index (χ2n) is 6.44. The standard InChI is InChI=1S/C14H28N2O/c1-14(2,3)10-12(11-15)13(17)16-8-6-4-5-7-9-16/h12H,4-11,15H2,1-3H3. The molecular formula is C14H28N2O. The summed E-state index contributed by atoms with van der Waals surface area (Å²) in [6, 6.07) is 0. The smallest absolute Gasteiger partial charge is 0.226 e. The Kier molecular flexibility index (Phi) is 5.44. The van der Waals surface area contributed by atoms with Crippen molar-refractivity contribution in [2.45, 2.75) is 52.9 Å². The number of carbonyl (C=O) groups is 1. The van der Waals surface area contributed by atoms with E-state index in [1.54, 1.807) is 0 Å². The van der Waals surface area contributed by atoms with Crippen LogP contribution in [-0.2, 0) is 4.79 Å². The average Bonchev–Trinajstić information content (AvgIpc) is 2.52. The Hall–Kier alpha value is -0.570. The predicted octanol–water partition coefficient (Wildman–Crippen LogP) is 2.40. The summed E-state index contributed by atoms with van der Waals surface area (Å²) < 4.78 is 0. The van der Waals surface area contributed by atoms with Gasteiger partial charge in [-0.05, 0) is 24.7 Å². The van der Waals surface area contributed by atoms with E-state index >= 15 is 0 Å². The van der Waals surface area contributed by atoms with Gasteiger partial charge >= 0.3 is 0 Å². The number of hydrogen-bond acceptors (Lipinski definition) is 2. The van der Waals surface area contributed by atoms with Gasteiger partial charge in [-0.1, -0.05) is 33.6 Å². The molecule has 0 bridgehead atoms. The van der Waals surface area contributed by atoms with Crippen molar-refractivity contribution in [2.75, 3.05) is 19.6 Å². The zero-order valence-corrected chi connectivity index (χ0v) is 11.7. The normalized spacial score (nSPS) is 19.9. The maximum absolute atomic E-state index is 12.4. The number of amides is 1. The van der Waals surface area contributed by atoms with Crippen LogP contribution in [0.4, 0.5) is 0 Å². The molecule has 3 heteroatoms. The van der Waals surface area contributed by atoms with Gasteiger partial charge in [-0.15, -0.1) is 0 Å². The molecule has 3 nitrogen and oxygen atoms in total. The predicted molar refractivity (Wildman–Crippen MR) is 71.7 cm³/mol. The van der Waals surface area contributed by atoms with Gasteiger partial charge in [-0.3, -0.25) is 4.79 Å². The SMILES string of the molecule is CC(C)(C)CC(CN)C(=O)N1CCCCCC1. The van der Waals surface area contributed by atoms with Gasteiger partial charge in [0, 0.05) is 19.6 Å². The Balaban J connectivity index is 2.57. The molecule has 0 aliphatic carbocycles. The molecule has 2 N–H and O–H groups in total. The van der Waals surface area contributed by atoms with Crippen molar-refractivity contribution in [3.8, 4) is 0 Å². The Labute approximate surface area is 106 Å². The molecule has 1 amide bonds. The van der Waals surface area contributed by atoms with Crippen LogP contribution >= 0.6 is 0 Å². The van der Waals surface area contributed by atoms with Crippen molar-refractivity contribution in [3.05, 3.63) is 0 Å². The van der Waals surface area contributed by atoms with Gasteiger partial charge < -0.3 is 10.6 Å². The lowest BCUT2D eigenvalue weighted by Gasteiger charge is -2.29. The molecule has 1 atom stereocenters. The van der Waals surface area contributed by atoms with Crippen molar-refractivity contribution in [1.29, 1.82) is 0 Å². The second-order valence-corrected chi connectivity index (χ2v) is 6.44. The fraction of sp³-hybridized carbons (Fsp3) is 0.929. The first-order valence-electron chi connectivity index (χ1n) is 6.93. The van der Waals surface area contributed by atoms with Gasteiger partial charge in [0.1, 0.15) is 0 Å². The maximum Gasteiger partial charge on any atom is 0.226 e. The van der Waals surface area contributed by atoms with E-state index < -0.39 is 0 Å². The molecule has 100 valence electrons. The second kappa shape index (κ2) is 6.39. The van der Waals surface area contributed by atoms with Crippen LogP contribution < -0.4 is 5.73 Å². The molecule has 0 aromatic heterocycles. The number of hydrogen-bond donors (Lipinski definition) is 1. The first-order chi connectivity index (χ1) is 7.94. The topological polar surface area (TPSA) is 46.3 Å². The molecule has 1 rings (SSSR count). The average molecular weight is 240 g/mol. The Bertz CT molecular complexity index is 237. The van der Waals surface area contributed by atoms with Gasteiger partial charge in [0.2, 0.25) is 5.91 Å². The Morgan fingerprint density at radius 2 is 1.71 bits per heavy atom. The molecule has 1 saturated heterocycles. The molecule has 17 heavy (non-hydrogen) atoms. The number of likely N-dealkylation sites (tertiary alicyclic amines) is 1. The van der Waals surface area contributed by atoms with Gasteiger partial charge in [0.15, 0.2) is 0 Å². The van der Waals surface area contributed by atoms with Gasteiger partial charge in [0.25, 0.3) is 0 Å². The quantitative estimate of drug-likeness (QED) is 0.823. The van der Waals surface area contributed by atoms with Crippen LogP contribution in [0.1, 0.15) is 52.9 Å². The van der Waals surface area contributed by atoms with Crippen molar-refractivity contribution < 1.29 is 4.79 Å². The highest BCUT2D eigenvalue weighted by atomic mass is 16.2. The minimum absolute atomic E-state index is 0.00750. The lowest BCUT2D eigenvalue weighted by Crippen LogP contribution is -2.41. The summed E-state index contributed by atoms with van der Waals surface area (Å²) in [6.07, 6.45) is 5.71. The fourth-order valence-corrected chi connectivity index (χ4v) is 2.56. The van der Waals surface area contributed by atoms with E-state index in [1.807, 2.05) is 4.90 Å². The largest absolute Gasteiger partial charge is 0.342 e.